The molecule has 17 heavy (non-hydrogen) atoms. The van der Waals surface area contributed by atoms with Crippen LogP contribution in [0.4, 0.5) is 5.69 Å². The van der Waals surface area contributed by atoms with Crippen LogP contribution >= 0.6 is 38.9 Å². The van der Waals surface area contributed by atoms with Crippen LogP contribution < -0.4 is 5.32 Å². The fraction of sp³-hybridized carbons (Fsp3) is 0.250. The maximum atomic E-state index is 5.80. The van der Waals surface area contributed by atoms with Crippen LogP contribution in [0.5, 0.6) is 0 Å². The molecule has 1 N–H and O–H groups in total. The predicted octanol–water partition coefficient (Wildman–Crippen LogP) is 4.79. The number of benzene rings is 1. The van der Waals surface area contributed by atoms with Crippen molar-refractivity contribution in [2.45, 2.75) is 20.4 Å². The molecular formula is C12H12BrClN2S. The van der Waals surface area contributed by atoms with Crippen LogP contribution in [-0.2, 0) is 6.54 Å². The van der Waals surface area contributed by atoms with E-state index in [9.17, 15) is 0 Å². The number of halogens is 2. The molecule has 90 valence electrons. The second kappa shape index (κ2) is 5.38. The van der Waals surface area contributed by atoms with Gasteiger partial charge in [0.1, 0.15) is 0 Å². The van der Waals surface area contributed by atoms with Gasteiger partial charge in [0, 0.05) is 21.2 Å². The van der Waals surface area contributed by atoms with Gasteiger partial charge < -0.3 is 5.32 Å². The predicted molar refractivity (Wildman–Crippen MR) is 78.1 cm³/mol. The SMILES string of the molecule is Cc1cc(Br)cc(NCc2cnc(Cl)s2)c1C. The number of aromatic nitrogens is 1. The minimum atomic E-state index is 0.587. The number of rotatable bonds is 3. The molecule has 2 nitrogen and oxygen atoms in total. The summed E-state index contributed by atoms with van der Waals surface area (Å²) in [4.78, 5) is 5.15. The summed E-state index contributed by atoms with van der Waals surface area (Å²) >= 11 is 10.8. The molecule has 1 aromatic carbocycles. The summed E-state index contributed by atoms with van der Waals surface area (Å²) in [6, 6.07) is 4.20. The third-order valence-corrected chi connectivity index (χ3v) is 4.18. The normalized spacial score (nSPS) is 10.6. The highest BCUT2D eigenvalue weighted by Gasteiger charge is 2.04. The topological polar surface area (TPSA) is 24.9 Å². The largest absolute Gasteiger partial charge is 0.380 e. The van der Waals surface area contributed by atoms with Crippen LogP contribution in [0.3, 0.4) is 0 Å². The summed E-state index contributed by atoms with van der Waals surface area (Å²) in [7, 11) is 0. The molecule has 0 bridgehead atoms. The van der Waals surface area contributed by atoms with Crippen LogP contribution in [0.2, 0.25) is 4.47 Å². The van der Waals surface area contributed by atoms with Gasteiger partial charge in [-0.15, -0.1) is 11.3 Å². The lowest BCUT2D eigenvalue weighted by atomic mass is 10.1. The quantitative estimate of drug-likeness (QED) is 0.875. The Morgan fingerprint density at radius 2 is 2.18 bits per heavy atom. The van der Waals surface area contributed by atoms with E-state index in [0.29, 0.717) is 4.47 Å². The number of hydrogen-bond acceptors (Lipinski definition) is 3. The zero-order chi connectivity index (χ0) is 12.4. The Morgan fingerprint density at radius 1 is 1.41 bits per heavy atom. The van der Waals surface area contributed by atoms with E-state index in [-0.39, 0.29) is 0 Å². The van der Waals surface area contributed by atoms with Crippen molar-refractivity contribution in [2.24, 2.45) is 0 Å². The Bertz CT molecular complexity index is 539. The van der Waals surface area contributed by atoms with Gasteiger partial charge in [0.2, 0.25) is 0 Å². The van der Waals surface area contributed by atoms with E-state index in [2.05, 4.69) is 52.2 Å². The van der Waals surface area contributed by atoms with E-state index in [1.165, 1.54) is 22.5 Å². The molecular weight excluding hydrogens is 320 g/mol. The molecule has 0 aliphatic carbocycles. The van der Waals surface area contributed by atoms with Crippen molar-refractivity contribution >= 4 is 44.6 Å². The monoisotopic (exact) mass is 330 g/mol. The third kappa shape index (κ3) is 3.21. The number of anilines is 1. The molecule has 0 aliphatic heterocycles. The van der Waals surface area contributed by atoms with Gasteiger partial charge in [0.05, 0.1) is 6.54 Å². The third-order valence-electron chi connectivity index (χ3n) is 2.61. The average Bonchev–Trinajstić information content (AvgIpc) is 2.67. The van der Waals surface area contributed by atoms with E-state index < -0.39 is 0 Å². The molecule has 0 saturated heterocycles. The highest BCUT2D eigenvalue weighted by molar-refractivity contribution is 9.10. The van der Waals surface area contributed by atoms with Gasteiger partial charge in [0.25, 0.3) is 0 Å². The van der Waals surface area contributed by atoms with E-state index in [1.807, 2.05) is 0 Å². The summed E-state index contributed by atoms with van der Waals surface area (Å²) < 4.78 is 1.68. The van der Waals surface area contributed by atoms with Gasteiger partial charge in [-0.2, -0.15) is 0 Å². The smallest absolute Gasteiger partial charge is 0.183 e. The molecule has 1 aromatic heterocycles. The van der Waals surface area contributed by atoms with Crippen molar-refractivity contribution < 1.29 is 0 Å². The minimum absolute atomic E-state index is 0.587. The molecule has 0 radical (unpaired) electrons. The first-order valence-corrected chi connectivity index (χ1v) is 7.16. The first kappa shape index (κ1) is 12.9. The number of nitrogens with one attached hydrogen (secondary N) is 1. The van der Waals surface area contributed by atoms with Gasteiger partial charge in [-0.3, -0.25) is 0 Å². The molecule has 0 saturated carbocycles. The molecule has 0 amide bonds. The molecule has 1 heterocycles. The van der Waals surface area contributed by atoms with Crippen molar-refractivity contribution in [3.8, 4) is 0 Å². The molecule has 5 heteroatoms. The standard InChI is InChI=1S/C12H12BrClN2S/c1-7-3-9(13)4-11(8(7)2)15-5-10-6-16-12(14)17-10/h3-4,6,15H,5H2,1-2H3. The first-order valence-electron chi connectivity index (χ1n) is 5.17. The second-order valence-corrected chi connectivity index (χ2v) is 6.44. The van der Waals surface area contributed by atoms with Crippen LogP contribution in [0.25, 0.3) is 0 Å². The highest BCUT2D eigenvalue weighted by Crippen LogP contribution is 2.26. The maximum Gasteiger partial charge on any atom is 0.183 e. The van der Waals surface area contributed by atoms with Crippen LogP contribution in [0.1, 0.15) is 16.0 Å². The van der Waals surface area contributed by atoms with Gasteiger partial charge >= 0.3 is 0 Å². The first-order chi connectivity index (χ1) is 8.06. The van der Waals surface area contributed by atoms with E-state index in [4.69, 9.17) is 11.6 Å². The summed E-state index contributed by atoms with van der Waals surface area (Å²) in [5, 5.41) is 3.41. The molecule has 0 unspecified atom stereocenters. The van der Waals surface area contributed by atoms with Crippen molar-refractivity contribution in [3.63, 3.8) is 0 Å². The van der Waals surface area contributed by atoms with Gasteiger partial charge in [-0.05, 0) is 37.1 Å². The van der Waals surface area contributed by atoms with Gasteiger partial charge in [-0.1, -0.05) is 27.5 Å². The van der Waals surface area contributed by atoms with E-state index in [0.717, 1.165) is 21.6 Å². The maximum absolute atomic E-state index is 5.80. The fourth-order valence-corrected chi connectivity index (χ4v) is 3.04. The molecule has 2 aromatic rings. The lowest BCUT2D eigenvalue weighted by molar-refractivity contribution is 1.15. The number of hydrogen-bond donors (Lipinski definition) is 1. The lowest BCUT2D eigenvalue weighted by Gasteiger charge is -2.11. The Morgan fingerprint density at radius 3 is 2.82 bits per heavy atom. The number of nitrogens with zero attached hydrogens (tertiary/aromatic N) is 1. The Labute approximate surface area is 118 Å². The summed E-state index contributed by atoms with van der Waals surface area (Å²) in [6.45, 7) is 4.97. The van der Waals surface area contributed by atoms with Crippen molar-refractivity contribution in [1.82, 2.24) is 4.98 Å². The van der Waals surface area contributed by atoms with Crippen LogP contribution in [0.15, 0.2) is 22.8 Å². The molecule has 0 atom stereocenters. The fourth-order valence-electron chi connectivity index (χ4n) is 1.55. The van der Waals surface area contributed by atoms with Gasteiger partial charge in [0.15, 0.2) is 4.47 Å². The highest BCUT2D eigenvalue weighted by atomic mass is 79.9. The molecule has 0 fully saturated rings. The zero-order valence-electron chi connectivity index (χ0n) is 9.55. The van der Waals surface area contributed by atoms with E-state index >= 15 is 0 Å². The second-order valence-electron chi connectivity index (χ2n) is 3.83. The molecule has 0 aliphatic rings. The van der Waals surface area contributed by atoms with Crippen molar-refractivity contribution in [3.05, 3.63) is 43.3 Å². The summed E-state index contributed by atoms with van der Waals surface area (Å²) in [5.41, 5.74) is 3.68. The molecule has 2 rings (SSSR count). The Hall–Kier alpha value is -0.580. The Kier molecular flexibility index (Phi) is 4.07. The summed E-state index contributed by atoms with van der Waals surface area (Å²) in [6.07, 6.45) is 1.81. The lowest BCUT2D eigenvalue weighted by Crippen LogP contribution is -2.00. The van der Waals surface area contributed by atoms with Crippen molar-refractivity contribution in [2.75, 3.05) is 5.32 Å². The van der Waals surface area contributed by atoms with Gasteiger partial charge in [-0.25, -0.2) is 4.98 Å². The number of thiazole rings is 1. The van der Waals surface area contributed by atoms with Crippen LogP contribution in [-0.4, -0.2) is 4.98 Å². The van der Waals surface area contributed by atoms with E-state index in [1.54, 1.807) is 6.20 Å². The number of aryl methyl sites for hydroxylation is 1. The Balaban J connectivity index is 2.14. The average molecular weight is 332 g/mol. The van der Waals surface area contributed by atoms with Crippen LogP contribution in [0, 0.1) is 13.8 Å². The minimum Gasteiger partial charge on any atom is -0.380 e. The molecule has 0 spiro atoms. The van der Waals surface area contributed by atoms with Crippen molar-refractivity contribution in [1.29, 1.82) is 0 Å². The summed E-state index contributed by atoms with van der Waals surface area (Å²) in [5.74, 6) is 0. The zero-order valence-corrected chi connectivity index (χ0v) is 12.7.